The van der Waals surface area contributed by atoms with Crippen LogP contribution in [0.2, 0.25) is 5.31 Å². The molecule has 18 heavy (non-hydrogen) atoms. The minimum absolute atomic E-state index is 0.691. The zero-order valence-electron chi connectivity index (χ0n) is 12.8. The SMILES string of the molecule is BC(CCCC)(C1CCCCC1)C1CCCCC1. The molecule has 2 aliphatic rings. The third-order valence-corrected chi connectivity index (χ3v) is 6.14. The van der Waals surface area contributed by atoms with Crippen LogP contribution in [0.4, 0.5) is 0 Å². The van der Waals surface area contributed by atoms with E-state index < -0.39 is 0 Å². The largest absolute Gasteiger partial charge is 0.110 e. The van der Waals surface area contributed by atoms with Crippen molar-refractivity contribution in [2.45, 2.75) is 95.7 Å². The second-order valence-corrected chi connectivity index (χ2v) is 7.28. The predicted octanol–water partition coefficient (Wildman–Crippen LogP) is 5.13. The van der Waals surface area contributed by atoms with Gasteiger partial charge in [0.25, 0.3) is 0 Å². The van der Waals surface area contributed by atoms with E-state index in [1.165, 1.54) is 83.5 Å². The molecule has 0 unspecified atom stereocenters. The molecule has 2 rings (SSSR count). The van der Waals surface area contributed by atoms with Crippen LogP contribution in [0.25, 0.3) is 0 Å². The van der Waals surface area contributed by atoms with Crippen LogP contribution in [-0.2, 0) is 0 Å². The fourth-order valence-electron chi connectivity index (χ4n) is 4.82. The van der Waals surface area contributed by atoms with Crippen molar-refractivity contribution in [1.82, 2.24) is 0 Å². The zero-order chi connectivity index (χ0) is 12.8. The highest BCUT2D eigenvalue weighted by molar-refractivity contribution is 6.15. The molecular weight excluding hydrogens is 215 g/mol. The molecule has 2 aliphatic carbocycles. The van der Waals surface area contributed by atoms with Crippen LogP contribution < -0.4 is 0 Å². The summed E-state index contributed by atoms with van der Waals surface area (Å²) in [5, 5.41) is 0.691. The van der Waals surface area contributed by atoms with Crippen LogP contribution in [0.1, 0.15) is 90.4 Å². The Kier molecular flexibility index (Phi) is 5.64. The lowest BCUT2D eigenvalue weighted by molar-refractivity contribution is 0.149. The number of hydrogen-bond acceptors (Lipinski definition) is 0. The third-order valence-electron chi connectivity index (χ3n) is 6.14. The van der Waals surface area contributed by atoms with E-state index in [9.17, 15) is 0 Å². The van der Waals surface area contributed by atoms with Crippen molar-refractivity contribution in [2.75, 3.05) is 0 Å². The van der Waals surface area contributed by atoms with Crippen molar-refractivity contribution in [2.24, 2.45) is 11.8 Å². The Labute approximate surface area is 116 Å². The van der Waals surface area contributed by atoms with Gasteiger partial charge in [0.1, 0.15) is 7.85 Å². The van der Waals surface area contributed by atoms with Crippen LogP contribution in [0.5, 0.6) is 0 Å². The van der Waals surface area contributed by atoms with E-state index in [1.807, 2.05) is 0 Å². The molecule has 0 nitrogen and oxygen atoms in total. The maximum Gasteiger partial charge on any atom is 0.110 e. The van der Waals surface area contributed by atoms with Crippen molar-refractivity contribution < 1.29 is 0 Å². The van der Waals surface area contributed by atoms with E-state index in [0.29, 0.717) is 5.31 Å². The van der Waals surface area contributed by atoms with E-state index in [0.717, 1.165) is 11.8 Å². The normalized spacial score (nSPS) is 24.3. The average molecular weight is 248 g/mol. The monoisotopic (exact) mass is 248 g/mol. The van der Waals surface area contributed by atoms with Crippen LogP contribution in [0.3, 0.4) is 0 Å². The van der Waals surface area contributed by atoms with Gasteiger partial charge in [-0.3, -0.25) is 0 Å². The van der Waals surface area contributed by atoms with Crippen LogP contribution in [-0.4, -0.2) is 7.85 Å². The predicted molar refractivity (Wildman–Crippen MR) is 83.9 cm³/mol. The van der Waals surface area contributed by atoms with Gasteiger partial charge in [0.2, 0.25) is 0 Å². The Morgan fingerprint density at radius 1 is 0.833 bits per heavy atom. The third kappa shape index (κ3) is 3.33. The van der Waals surface area contributed by atoms with E-state index >= 15 is 0 Å². The van der Waals surface area contributed by atoms with Gasteiger partial charge in [-0.1, -0.05) is 95.7 Å². The first kappa shape index (κ1) is 14.5. The maximum absolute atomic E-state index is 2.68. The molecule has 0 aromatic carbocycles. The Balaban J connectivity index is 2.04. The van der Waals surface area contributed by atoms with Gasteiger partial charge in [-0.05, 0) is 11.8 Å². The summed E-state index contributed by atoms with van der Waals surface area (Å²) in [6.07, 6.45) is 19.6. The summed E-state index contributed by atoms with van der Waals surface area (Å²) < 4.78 is 0. The van der Waals surface area contributed by atoms with Gasteiger partial charge in [0.05, 0.1) is 0 Å². The Hall–Kier alpha value is 0.0649. The van der Waals surface area contributed by atoms with Crippen molar-refractivity contribution in [3.8, 4) is 0 Å². The van der Waals surface area contributed by atoms with Gasteiger partial charge < -0.3 is 0 Å². The zero-order valence-corrected chi connectivity index (χ0v) is 12.8. The molecule has 2 fully saturated rings. The molecule has 0 spiro atoms. The first-order valence-corrected chi connectivity index (χ1v) is 8.77. The van der Waals surface area contributed by atoms with E-state index in [4.69, 9.17) is 0 Å². The van der Waals surface area contributed by atoms with Crippen LogP contribution >= 0.6 is 0 Å². The molecular formula is C17H33B. The highest BCUT2D eigenvalue weighted by atomic mass is 14.4. The van der Waals surface area contributed by atoms with Gasteiger partial charge in [0, 0.05) is 0 Å². The average Bonchev–Trinajstić information content (AvgIpc) is 2.46. The second kappa shape index (κ2) is 7.01. The molecule has 0 radical (unpaired) electrons. The van der Waals surface area contributed by atoms with E-state index in [1.54, 1.807) is 0 Å². The fourth-order valence-corrected chi connectivity index (χ4v) is 4.82. The Morgan fingerprint density at radius 3 is 1.67 bits per heavy atom. The summed E-state index contributed by atoms with van der Waals surface area (Å²) in [6.45, 7) is 2.36. The van der Waals surface area contributed by atoms with Crippen LogP contribution in [0.15, 0.2) is 0 Å². The highest BCUT2D eigenvalue weighted by Gasteiger charge is 2.40. The molecule has 0 saturated heterocycles. The van der Waals surface area contributed by atoms with Gasteiger partial charge in [-0.25, -0.2) is 0 Å². The minimum Gasteiger partial charge on any atom is -0.0654 e. The molecule has 0 amide bonds. The lowest BCUT2D eigenvalue weighted by Crippen LogP contribution is -2.34. The lowest BCUT2D eigenvalue weighted by atomic mass is 9.47. The quantitative estimate of drug-likeness (QED) is 0.592. The molecule has 104 valence electrons. The smallest absolute Gasteiger partial charge is 0.0654 e. The van der Waals surface area contributed by atoms with E-state index in [-0.39, 0.29) is 0 Å². The summed E-state index contributed by atoms with van der Waals surface area (Å²) in [5.74, 6) is 2.11. The molecule has 0 aliphatic heterocycles. The lowest BCUT2D eigenvalue weighted by Gasteiger charge is -2.48. The minimum atomic E-state index is 0.691. The highest BCUT2D eigenvalue weighted by Crippen LogP contribution is 2.54. The van der Waals surface area contributed by atoms with Crippen molar-refractivity contribution in [3.63, 3.8) is 0 Å². The van der Waals surface area contributed by atoms with Gasteiger partial charge in [-0.2, -0.15) is 0 Å². The fraction of sp³-hybridized carbons (Fsp3) is 1.00. The maximum atomic E-state index is 2.68. The Morgan fingerprint density at radius 2 is 1.28 bits per heavy atom. The molecule has 0 aromatic rings. The standard InChI is InChI=1S/C17H33B/c1-2-3-14-17(18,15-10-6-4-7-11-15)16-12-8-5-9-13-16/h15-16H,2-14,18H2,1H3. The summed E-state index contributed by atoms with van der Waals surface area (Å²) >= 11 is 0. The molecule has 0 aromatic heterocycles. The topological polar surface area (TPSA) is 0 Å². The summed E-state index contributed by atoms with van der Waals surface area (Å²) in [6, 6.07) is 0. The summed E-state index contributed by atoms with van der Waals surface area (Å²) in [7, 11) is 2.68. The molecule has 1 heteroatoms. The summed E-state index contributed by atoms with van der Waals surface area (Å²) in [5.41, 5.74) is 0. The van der Waals surface area contributed by atoms with Gasteiger partial charge in [-0.15, -0.1) is 0 Å². The first-order chi connectivity index (χ1) is 8.77. The molecule has 0 heterocycles. The number of rotatable bonds is 5. The number of unbranched alkanes of at least 4 members (excludes halogenated alkanes) is 1. The summed E-state index contributed by atoms with van der Waals surface area (Å²) in [4.78, 5) is 0. The van der Waals surface area contributed by atoms with Crippen molar-refractivity contribution in [3.05, 3.63) is 0 Å². The van der Waals surface area contributed by atoms with Crippen molar-refractivity contribution in [1.29, 1.82) is 0 Å². The van der Waals surface area contributed by atoms with Gasteiger partial charge >= 0.3 is 0 Å². The van der Waals surface area contributed by atoms with Crippen molar-refractivity contribution >= 4 is 7.85 Å². The number of hydrogen-bond donors (Lipinski definition) is 0. The molecule has 0 N–H and O–H groups in total. The molecule has 0 atom stereocenters. The second-order valence-electron chi connectivity index (χ2n) is 7.28. The Bertz CT molecular complexity index is 206. The van der Waals surface area contributed by atoms with Gasteiger partial charge in [0.15, 0.2) is 0 Å². The van der Waals surface area contributed by atoms with E-state index in [2.05, 4.69) is 14.8 Å². The molecule has 2 saturated carbocycles. The van der Waals surface area contributed by atoms with Crippen LogP contribution in [0, 0.1) is 11.8 Å². The molecule has 0 bridgehead atoms. The first-order valence-electron chi connectivity index (χ1n) is 8.77.